The zero-order chi connectivity index (χ0) is 11.7. The number of aromatic nitrogens is 1. The SMILES string of the molecule is Cc1ccc2c(CCC(=O)O)c(N)[nH]c2c1. The summed E-state index contributed by atoms with van der Waals surface area (Å²) >= 11 is 0. The summed E-state index contributed by atoms with van der Waals surface area (Å²) in [5.41, 5.74) is 8.86. The first-order valence-corrected chi connectivity index (χ1v) is 5.16. The van der Waals surface area contributed by atoms with Crippen molar-refractivity contribution in [2.24, 2.45) is 0 Å². The van der Waals surface area contributed by atoms with Gasteiger partial charge < -0.3 is 15.8 Å². The molecule has 0 spiro atoms. The molecule has 0 atom stereocenters. The highest BCUT2D eigenvalue weighted by atomic mass is 16.4. The molecule has 0 aliphatic carbocycles. The molecule has 0 radical (unpaired) electrons. The number of hydrogen-bond acceptors (Lipinski definition) is 2. The number of aromatic amines is 1. The average molecular weight is 218 g/mol. The van der Waals surface area contributed by atoms with Gasteiger partial charge in [0.25, 0.3) is 0 Å². The van der Waals surface area contributed by atoms with Gasteiger partial charge in [0, 0.05) is 22.9 Å². The van der Waals surface area contributed by atoms with E-state index in [1.165, 1.54) is 0 Å². The van der Waals surface area contributed by atoms with Gasteiger partial charge in [-0.3, -0.25) is 4.79 Å². The summed E-state index contributed by atoms with van der Waals surface area (Å²) in [7, 11) is 0. The second kappa shape index (κ2) is 3.89. The largest absolute Gasteiger partial charge is 0.481 e. The maximum Gasteiger partial charge on any atom is 0.303 e. The third-order valence-electron chi connectivity index (χ3n) is 2.68. The zero-order valence-corrected chi connectivity index (χ0v) is 9.08. The van der Waals surface area contributed by atoms with Gasteiger partial charge in [0.2, 0.25) is 0 Å². The van der Waals surface area contributed by atoms with Gasteiger partial charge in [-0.25, -0.2) is 0 Å². The summed E-state index contributed by atoms with van der Waals surface area (Å²) in [6, 6.07) is 5.99. The smallest absolute Gasteiger partial charge is 0.303 e. The van der Waals surface area contributed by atoms with E-state index in [2.05, 4.69) is 4.98 Å². The van der Waals surface area contributed by atoms with Crippen LogP contribution >= 0.6 is 0 Å². The predicted octanol–water partition coefficient (Wildman–Crippen LogP) is 2.08. The monoisotopic (exact) mass is 218 g/mol. The molecule has 0 unspecified atom stereocenters. The topological polar surface area (TPSA) is 79.1 Å². The van der Waals surface area contributed by atoms with Gasteiger partial charge in [-0.15, -0.1) is 0 Å². The Labute approximate surface area is 93.1 Å². The molecule has 4 N–H and O–H groups in total. The van der Waals surface area contributed by atoms with Crippen molar-refractivity contribution in [2.45, 2.75) is 19.8 Å². The molecule has 0 amide bonds. The van der Waals surface area contributed by atoms with Gasteiger partial charge in [0.05, 0.1) is 0 Å². The number of H-pyrrole nitrogens is 1. The molecule has 0 fully saturated rings. The van der Waals surface area contributed by atoms with Crippen LogP contribution in [0.2, 0.25) is 0 Å². The van der Waals surface area contributed by atoms with Crippen LogP contribution < -0.4 is 5.73 Å². The Bertz CT molecular complexity index is 543. The molecule has 4 nitrogen and oxygen atoms in total. The first kappa shape index (κ1) is 10.5. The van der Waals surface area contributed by atoms with Crippen LogP contribution in [-0.2, 0) is 11.2 Å². The number of carbonyl (C=O) groups is 1. The second-order valence-electron chi connectivity index (χ2n) is 3.96. The first-order valence-electron chi connectivity index (χ1n) is 5.16. The first-order chi connectivity index (χ1) is 7.58. The number of benzene rings is 1. The molecule has 0 aliphatic heterocycles. The summed E-state index contributed by atoms with van der Waals surface area (Å²) in [5.74, 6) is -0.234. The number of hydrogen-bond donors (Lipinski definition) is 3. The molecule has 2 aromatic rings. The van der Waals surface area contributed by atoms with E-state index in [-0.39, 0.29) is 6.42 Å². The van der Waals surface area contributed by atoms with Gasteiger partial charge in [0.1, 0.15) is 5.82 Å². The molecule has 1 aromatic carbocycles. The summed E-state index contributed by atoms with van der Waals surface area (Å²) < 4.78 is 0. The number of nitrogens with two attached hydrogens (primary N) is 1. The van der Waals surface area contributed by atoms with E-state index < -0.39 is 5.97 Å². The Morgan fingerprint density at radius 1 is 1.50 bits per heavy atom. The molecular formula is C12H14N2O2. The average Bonchev–Trinajstić information content (AvgIpc) is 2.50. The molecule has 0 saturated heterocycles. The lowest BCUT2D eigenvalue weighted by molar-refractivity contribution is -0.136. The fourth-order valence-electron chi connectivity index (χ4n) is 1.89. The molecule has 2 rings (SSSR count). The van der Waals surface area contributed by atoms with Crippen molar-refractivity contribution in [3.8, 4) is 0 Å². The molecule has 84 valence electrons. The van der Waals surface area contributed by atoms with Crippen molar-refractivity contribution < 1.29 is 9.90 Å². The van der Waals surface area contributed by atoms with Crippen LogP contribution in [0.5, 0.6) is 0 Å². The van der Waals surface area contributed by atoms with Crippen molar-refractivity contribution in [1.82, 2.24) is 4.98 Å². The van der Waals surface area contributed by atoms with E-state index in [9.17, 15) is 4.79 Å². The number of carboxylic acids is 1. The van der Waals surface area contributed by atoms with Crippen LogP contribution in [0.1, 0.15) is 17.5 Å². The number of carboxylic acid groups (broad SMARTS) is 1. The van der Waals surface area contributed by atoms with Crippen LogP contribution in [0.25, 0.3) is 10.9 Å². The number of aryl methyl sites for hydroxylation is 2. The highest BCUT2D eigenvalue weighted by Crippen LogP contribution is 2.26. The maximum absolute atomic E-state index is 10.5. The number of aliphatic carboxylic acids is 1. The molecule has 0 bridgehead atoms. The Morgan fingerprint density at radius 2 is 2.25 bits per heavy atom. The van der Waals surface area contributed by atoms with Crippen molar-refractivity contribution in [3.63, 3.8) is 0 Å². The third-order valence-corrected chi connectivity index (χ3v) is 2.68. The van der Waals surface area contributed by atoms with Crippen LogP contribution in [0.3, 0.4) is 0 Å². The molecule has 4 heteroatoms. The molecule has 1 aromatic heterocycles. The summed E-state index contributed by atoms with van der Waals surface area (Å²) in [6.45, 7) is 2.01. The number of rotatable bonds is 3. The molecule has 1 heterocycles. The van der Waals surface area contributed by atoms with Crippen molar-refractivity contribution in [2.75, 3.05) is 5.73 Å². The van der Waals surface area contributed by atoms with Crippen molar-refractivity contribution in [3.05, 3.63) is 29.3 Å². The maximum atomic E-state index is 10.5. The minimum atomic E-state index is -0.805. The van der Waals surface area contributed by atoms with Gasteiger partial charge in [0.15, 0.2) is 0 Å². The Hall–Kier alpha value is -1.97. The fraction of sp³-hybridized carbons (Fsp3) is 0.250. The lowest BCUT2D eigenvalue weighted by atomic mass is 10.1. The van der Waals surface area contributed by atoms with E-state index in [4.69, 9.17) is 10.8 Å². The van der Waals surface area contributed by atoms with Gasteiger partial charge in [-0.1, -0.05) is 12.1 Å². The Balaban J connectivity index is 2.43. The highest BCUT2D eigenvalue weighted by Gasteiger charge is 2.10. The van der Waals surface area contributed by atoms with E-state index in [1.54, 1.807) is 0 Å². The standard InChI is InChI=1S/C12H14N2O2/c1-7-2-3-8-9(4-5-11(15)16)12(13)14-10(8)6-7/h2-3,6,14H,4-5,13H2,1H3,(H,15,16). The number of nitrogens with one attached hydrogen (secondary N) is 1. The second-order valence-corrected chi connectivity index (χ2v) is 3.96. The van der Waals surface area contributed by atoms with Gasteiger partial charge in [-0.2, -0.15) is 0 Å². The lowest BCUT2D eigenvalue weighted by Crippen LogP contribution is -1.99. The quantitative estimate of drug-likeness (QED) is 0.737. The number of nitrogen functional groups attached to an aromatic ring is 1. The van der Waals surface area contributed by atoms with E-state index in [0.29, 0.717) is 12.2 Å². The Morgan fingerprint density at radius 3 is 2.94 bits per heavy atom. The lowest BCUT2D eigenvalue weighted by Gasteiger charge is -1.98. The van der Waals surface area contributed by atoms with Crippen LogP contribution in [0, 0.1) is 6.92 Å². The molecule has 0 aliphatic rings. The zero-order valence-electron chi connectivity index (χ0n) is 9.08. The van der Waals surface area contributed by atoms with Crippen molar-refractivity contribution >= 4 is 22.7 Å². The van der Waals surface area contributed by atoms with Crippen LogP contribution in [-0.4, -0.2) is 16.1 Å². The van der Waals surface area contributed by atoms with Gasteiger partial charge in [-0.05, 0) is 25.0 Å². The molecule has 0 saturated carbocycles. The predicted molar refractivity (Wildman–Crippen MR) is 63.4 cm³/mol. The van der Waals surface area contributed by atoms with E-state index >= 15 is 0 Å². The summed E-state index contributed by atoms with van der Waals surface area (Å²) in [4.78, 5) is 13.6. The summed E-state index contributed by atoms with van der Waals surface area (Å²) in [6.07, 6.45) is 0.565. The third kappa shape index (κ3) is 1.86. The van der Waals surface area contributed by atoms with Crippen LogP contribution in [0.15, 0.2) is 18.2 Å². The van der Waals surface area contributed by atoms with E-state index in [1.807, 2.05) is 25.1 Å². The van der Waals surface area contributed by atoms with Gasteiger partial charge >= 0.3 is 5.97 Å². The number of anilines is 1. The highest BCUT2D eigenvalue weighted by molar-refractivity contribution is 5.89. The van der Waals surface area contributed by atoms with Crippen LogP contribution in [0.4, 0.5) is 5.82 Å². The Kier molecular flexibility index (Phi) is 2.56. The fourth-order valence-corrected chi connectivity index (χ4v) is 1.89. The normalized spacial score (nSPS) is 10.8. The van der Waals surface area contributed by atoms with Crippen molar-refractivity contribution in [1.29, 1.82) is 0 Å². The van der Waals surface area contributed by atoms with E-state index in [0.717, 1.165) is 22.0 Å². The molecular weight excluding hydrogens is 204 g/mol. The molecule has 16 heavy (non-hydrogen) atoms. The minimum absolute atomic E-state index is 0.102. The minimum Gasteiger partial charge on any atom is -0.481 e. The summed E-state index contributed by atoms with van der Waals surface area (Å²) in [5, 5.41) is 9.69. The number of fused-ring (bicyclic) bond motifs is 1.